The predicted molar refractivity (Wildman–Crippen MR) is 53.9 cm³/mol. The number of rotatable bonds is 1. The summed E-state index contributed by atoms with van der Waals surface area (Å²) in [5, 5.41) is 9.00. The highest BCUT2D eigenvalue weighted by molar-refractivity contribution is 9.10. The fourth-order valence-electron chi connectivity index (χ4n) is 0.988. The van der Waals surface area contributed by atoms with Crippen LogP contribution in [-0.2, 0) is 0 Å². The van der Waals surface area contributed by atoms with Crippen molar-refractivity contribution < 1.29 is 4.79 Å². The van der Waals surface area contributed by atoms with E-state index in [-0.39, 0.29) is 11.3 Å². The number of ketones is 1. The lowest BCUT2D eigenvalue weighted by atomic mass is 10.1. The molecule has 0 spiro atoms. The Labute approximate surface area is 89.3 Å². The van der Waals surface area contributed by atoms with Gasteiger partial charge in [0.15, 0.2) is 5.78 Å². The summed E-state index contributed by atoms with van der Waals surface area (Å²) < 4.78 is 0.623. The van der Waals surface area contributed by atoms with E-state index in [1.807, 2.05) is 6.07 Å². The second-order valence-electron chi connectivity index (χ2n) is 2.45. The van der Waals surface area contributed by atoms with Crippen LogP contribution in [0.25, 0.3) is 0 Å². The molecule has 0 heterocycles. The van der Waals surface area contributed by atoms with Crippen molar-refractivity contribution in [3.8, 4) is 6.07 Å². The zero-order valence-electron chi connectivity index (χ0n) is 6.77. The Morgan fingerprint density at radius 1 is 1.62 bits per heavy atom. The van der Waals surface area contributed by atoms with Gasteiger partial charge >= 0.3 is 0 Å². The molecule has 0 atom stereocenters. The van der Waals surface area contributed by atoms with Gasteiger partial charge in [-0.1, -0.05) is 11.6 Å². The molecule has 0 saturated heterocycles. The molecule has 0 aliphatic rings. The van der Waals surface area contributed by atoms with Crippen LogP contribution in [0.3, 0.4) is 0 Å². The highest BCUT2D eigenvalue weighted by atomic mass is 79.9. The maximum Gasteiger partial charge on any atom is 0.162 e. The minimum Gasteiger partial charge on any atom is -0.294 e. The molecular formula is C9H5BrClNO. The van der Waals surface area contributed by atoms with E-state index < -0.39 is 0 Å². The standard InChI is InChI=1S/C9H5BrClNO/c1-5(13)8-6(4-12)2-3-7(10)9(8)11/h2-3H,1H3. The first kappa shape index (κ1) is 10.2. The van der Waals surface area contributed by atoms with Gasteiger partial charge in [0.1, 0.15) is 0 Å². The van der Waals surface area contributed by atoms with Crippen molar-refractivity contribution in [3.63, 3.8) is 0 Å². The lowest BCUT2D eigenvalue weighted by molar-refractivity contribution is 0.101. The first-order chi connectivity index (χ1) is 6.07. The largest absolute Gasteiger partial charge is 0.294 e. The fourth-order valence-corrected chi connectivity index (χ4v) is 1.62. The van der Waals surface area contributed by atoms with Crippen LogP contribution in [0, 0.1) is 11.3 Å². The normalized spacial score (nSPS) is 9.38. The number of hydrogen-bond acceptors (Lipinski definition) is 2. The van der Waals surface area contributed by atoms with Crippen LogP contribution < -0.4 is 0 Å². The number of nitrogens with zero attached hydrogens (tertiary/aromatic N) is 1. The van der Waals surface area contributed by atoms with Crippen LogP contribution in [0.15, 0.2) is 16.6 Å². The fraction of sp³-hybridized carbons (Fsp3) is 0.111. The van der Waals surface area contributed by atoms with Gasteiger partial charge in [0, 0.05) is 4.47 Å². The molecular weight excluding hydrogens is 253 g/mol. The molecule has 0 amide bonds. The second kappa shape index (κ2) is 3.91. The van der Waals surface area contributed by atoms with Crippen molar-refractivity contribution >= 4 is 33.3 Å². The van der Waals surface area contributed by atoms with Crippen LogP contribution in [0.1, 0.15) is 22.8 Å². The van der Waals surface area contributed by atoms with Crippen LogP contribution >= 0.6 is 27.5 Å². The lowest BCUT2D eigenvalue weighted by Gasteiger charge is -2.03. The summed E-state index contributed by atoms with van der Waals surface area (Å²) in [6.45, 7) is 1.38. The SMILES string of the molecule is CC(=O)c1c(C#N)ccc(Br)c1Cl. The number of halogens is 2. The van der Waals surface area contributed by atoms with Crippen molar-refractivity contribution in [2.45, 2.75) is 6.92 Å². The van der Waals surface area contributed by atoms with Crippen molar-refractivity contribution in [2.24, 2.45) is 0 Å². The molecule has 1 rings (SSSR count). The van der Waals surface area contributed by atoms with E-state index >= 15 is 0 Å². The van der Waals surface area contributed by atoms with Crippen LogP contribution in [-0.4, -0.2) is 5.78 Å². The van der Waals surface area contributed by atoms with Crippen molar-refractivity contribution in [3.05, 3.63) is 32.8 Å². The topological polar surface area (TPSA) is 40.9 Å². The summed E-state index contributed by atoms with van der Waals surface area (Å²) in [6.07, 6.45) is 0. The summed E-state index contributed by atoms with van der Waals surface area (Å²) in [5.74, 6) is -0.206. The minimum atomic E-state index is -0.206. The summed E-state index contributed by atoms with van der Waals surface area (Å²) in [6, 6.07) is 5.13. The molecule has 13 heavy (non-hydrogen) atoms. The number of nitriles is 1. The Balaban J connectivity index is 3.53. The number of Topliss-reactive ketones (excluding diaryl/α,β-unsaturated/α-hetero) is 1. The maximum absolute atomic E-state index is 11.1. The van der Waals surface area contributed by atoms with E-state index in [0.29, 0.717) is 15.1 Å². The molecule has 66 valence electrons. The van der Waals surface area contributed by atoms with Gasteiger partial charge < -0.3 is 0 Å². The molecule has 0 radical (unpaired) electrons. The number of carbonyl (C=O) groups is 1. The van der Waals surface area contributed by atoms with E-state index in [2.05, 4.69) is 15.9 Å². The zero-order valence-corrected chi connectivity index (χ0v) is 9.11. The highest BCUT2D eigenvalue weighted by Crippen LogP contribution is 2.28. The first-order valence-electron chi connectivity index (χ1n) is 3.47. The minimum absolute atomic E-state index is 0.206. The van der Waals surface area contributed by atoms with Gasteiger partial charge in [-0.15, -0.1) is 0 Å². The molecule has 0 bridgehead atoms. The average Bonchev–Trinajstić information content (AvgIpc) is 2.08. The first-order valence-corrected chi connectivity index (χ1v) is 4.64. The molecule has 0 saturated carbocycles. The molecule has 0 aliphatic heterocycles. The second-order valence-corrected chi connectivity index (χ2v) is 3.68. The van der Waals surface area contributed by atoms with Gasteiger partial charge in [-0.05, 0) is 35.0 Å². The Morgan fingerprint density at radius 3 is 2.69 bits per heavy atom. The average molecular weight is 259 g/mol. The van der Waals surface area contributed by atoms with E-state index in [1.165, 1.54) is 6.92 Å². The Bertz CT molecular complexity index is 409. The molecule has 0 aliphatic carbocycles. The summed E-state index contributed by atoms with van der Waals surface area (Å²) in [4.78, 5) is 11.1. The Hall–Kier alpha value is -0.850. The van der Waals surface area contributed by atoms with Gasteiger partial charge in [0.05, 0.1) is 22.2 Å². The van der Waals surface area contributed by atoms with Gasteiger partial charge in [-0.3, -0.25) is 4.79 Å². The van der Waals surface area contributed by atoms with Gasteiger partial charge in [-0.25, -0.2) is 0 Å². The Morgan fingerprint density at radius 2 is 2.23 bits per heavy atom. The quantitative estimate of drug-likeness (QED) is 0.726. The van der Waals surface area contributed by atoms with Crippen LogP contribution in [0.5, 0.6) is 0 Å². The third-order valence-electron chi connectivity index (χ3n) is 1.57. The summed E-state index contributed by atoms with van der Waals surface area (Å²) in [7, 11) is 0. The third-order valence-corrected chi connectivity index (χ3v) is 2.85. The smallest absolute Gasteiger partial charge is 0.162 e. The molecule has 0 unspecified atom stereocenters. The summed E-state index contributed by atoms with van der Waals surface area (Å²) >= 11 is 9.04. The van der Waals surface area contributed by atoms with Crippen LogP contribution in [0.4, 0.5) is 0 Å². The highest BCUT2D eigenvalue weighted by Gasteiger charge is 2.13. The van der Waals surface area contributed by atoms with Gasteiger partial charge in [-0.2, -0.15) is 5.26 Å². The third kappa shape index (κ3) is 1.90. The predicted octanol–water partition coefficient (Wildman–Crippen LogP) is 3.18. The number of carbonyl (C=O) groups excluding carboxylic acids is 1. The van der Waals surface area contributed by atoms with Gasteiger partial charge in [0.2, 0.25) is 0 Å². The molecule has 0 N–H and O–H groups in total. The van der Waals surface area contributed by atoms with Crippen molar-refractivity contribution in [1.29, 1.82) is 5.26 Å². The lowest BCUT2D eigenvalue weighted by Crippen LogP contribution is -1.98. The van der Waals surface area contributed by atoms with Crippen molar-refractivity contribution in [2.75, 3.05) is 0 Å². The zero-order chi connectivity index (χ0) is 10.0. The molecule has 0 aromatic heterocycles. The molecule has 0 fully saturated rings. The molecule has 1 aromatic carbocycles. The molecule has 2 nitrogen and oxygen atoms in total. The van der Waals surface area contributed by atoms with E-state index in [1.54, 1.807) is 12.1 Å². The monoisotopic (exact) mass is 257 g/mol. The van der Waals surface area contributed by atoms with E-state index in [4.69, 9.17) is 16.9 Å². The van der Waals surface area contributed by atoms with E-state index in [0.717, 1.165) is 0 Å². The Kier molecular flexibility index (Phi) is 3.07. The summed E-state index contributed by atoms with van der Waals surface area (Å²) in [5.41, 5.74) is 0.583. The number of hydrogen-bond donors (Lipinski definition) is 0. The van der Waals surface area contributed by atoms with Gasteiger partial charge in [0.25, 0.3) is 0 Å². The maximum atomic E-state index is 11.1. The van der Waals surface area contributed by atoms with E-state index in [9.17, 15) is 4.79 Å². The van der Waals surface area contributed by atoms with Crippen molar-refractivity contribution in [1.82, 2.24) is 0 Å². The van der Waals surface area contributed by atoms with Crippen LogP contribution in [0.2, 0.25) is 5.02 Å². The molecule has 4 heteroatoms. The number of benzene rings is 1. The molecule has 1 aromatic rings.